The van der Waals surface area contributed by atoms with Crippen molar-refractivity contribution >= 4 is 0 Å². The Morgan fingerprint density at radius 1 is 0.769 bits per heavy atom. The van der Waals surface area contributed by atoms with Crippen LogP contribution in [0.2, 0.25) is 0 Å². The Bertz CT molecular complexity index is 166. The summed E-state index contributed by atoms with van der Waals surface area (Å²) < 4.78 is 0. The van der Waals surface area contributed by atoms with Gasteiger partial charge in [-0.2, -0.15) is 0 Å². The van der Waals surface area contributed by atoms with E-state index in [-0.39, 0.29) is 12.1 Å². The average molecular weight is 187 g/mol. The Balaban J connectivity index is 2.14. The lowest BCUT2D eigenvalue weighted by Gasteiger charge is -2.40. The molecule has 2 aliphatic rings. The van der Waals surface area contributed by atoms with Crippen molar-refractivity contribution in [2.45, 2.75) is 56.1 Å². The monoisotopic (exact) mass is 187 g/mol. The van der Waals surface area contributed by atoms with Gasteiger partial charge in [0.05, 0.1) is 12.2 Å². The molecule has 4 unspecified atom stereocenters. The summed E-state index contributed by atoms with van der Waals surface area (Å²) in [4.78, 5) is 0. The van der Waals surface area contributed by atoms with Gasteiger partial charge >= 0.3 is 0 Å². The highest BCUT2D eigenvalue weighted by molar-refractivity contribution is 4.99. The Kier molecular flexibility index (Phi) is 2.55. The maximum Gasteiger partial charge on any atom is 0.109 e. The van der Waals surface area contributed by atoms with E-state index in [2.05, 4.69) is 5.32 Å². The first-order chi connectivity index (χ1) is 6.20. The van der Waals surface area contributed by atoms with Crippen molar-refractivity contribution in [1.82, 2.24) is 5.32 Å². The fourth-order valence-corrected chi connectivity index (χ4v) is 2.39. The number of fused-ring (bicyclic) bond motifs is 2. The van der Waals surface area contributed by atoms with Crippen LogP contribution in [0, 0.1) is 0 Å². The minimum absolute atomic E-state index is 0.0362. The number of nitrogens with one attached hydrogen (secondary N) is 1. The zero-order valence-electron chi connectivity index (χ0n) is 7.56. The number of hydrogen-bond acceptors (Lipinski definition) is 4. The fourth-order valence-electron chi connectivity index (χ4n) is 2.39. The van der Waals surface area contributed by atoms with E-state index < -0.39 is 18.3 Å². The minimum Gasteiger partial charge on any atom is -0.389 e. The van der Waals surface area contributed by atoms with Gasteiger partial charge in [0.1, 0.15) is 6.10 Å². The summed E-state index contributed by atoms with van der Waals surface area (Å²) in [7, 11) is 0. The van der Waals surface area contributed by atoms with E-state index >= 15 is 0 Å². The predicted molar refractivity (Wildman–Crippen MR) is 47.2 cm³/mol. The van der Waals surface area contributed by atoms with Crippen molar-refractivity contribution in [3.05, 3.63) is 0 Å². The molecule has 2 heterocycles. The smallest absolute Gasteiger partial charge is 0.109 e. The molecular formula is C9H17NO3. The standard InChI is InChI=1S/C9H17NO3/c11-7-5-3-1-2-4-6(10-5)8(12)9(7)13/h5-13H,1-4H2. The van der Waals surface area contributed by atoms with Crippen molar-refractivity contribution < 1.29 is 15.3 Å². The molecule has 0 spiro atoms. The van der Waals surface area contributed by atoms with E-state index in [0.717, 1.165) is 25.7 Å². The van der Waals surface area contributed by atoms with E-state index in [9.17, 15) is 15.3 Å². The highest BCUT2D eigenvalue weighted by Gasteiger charge is 2.42. The average Bonchev–Trinajstić information content (AvgIpc) is 2.36. The predicted octanol–water partition coefficient (Wildman–Crippen LogP) is -1.02. The van der Waals surface area contributed by atoms with E-state index in [1.54, 1.807) is 0 Å². The Morgan fingerprint density at radius 3 is 1.69 bits per heavy atom. The molecule has 4 N–H and O–H groups in total. The molecule has 0 aromatic heterocycles. The summed E-state index contributed by atoms with van der Waals surface area (Å²) in [6, 6.07) is -0.0724. The van der Waals surface area contributed by atoms with E-state index in [4.69, 9.17) is 0 Å². The molecule has 2 aliphatic heterocycles. The topological polar surface area (TPSA) is 72.7 Å². The maximum absolute atomic E-state index is 9.61. The highest BCUT2D eigenvalue weighted by Crippen LogP contribution is 2.25. The summed E-state index contributed by atoms with van der Waals surface area (Å²) in [5, 5.41) is 31.9. The van der Waals surface area contributed by atoms with Gasteiger partial charge in [0.2, 0.25) is 0 Å². The summed E-state index contributed by atoms with van der Waals surface area (Å²) in [5.74, 6) is 0. The second-order valence-corrected chi connectivity index (χ2v) is 4.14. The van der Waals surface area contributed by atoms with Gasteiger partial charge in [-0.15, -0.1) is 0 Å². The normalized spacial score (nSPS) is 51.5. The molecule has 4 heteroatoms. The van der Waals surface area contributed by atoms with Crippen LogP contribution >= 0.6 is 0 Å². The molecule has 0 aromatic carbocycles. The lowest BCUT2D eigenvalue weighted by Crippen LogP contribution is -2.63. The quantitative estimate of drug-likeness (QED) is 0.392. The van der Waals surface area contributed by atoms with Crippen LogP contribution in [0.15, 0.2) is 0 Å². The van der Waals surface area contributed by atoms with Gasteiger partial charge in [-0.05, 0) is 12.8 Å². The van der Waals surface area contributed by atoms with Crippen LogP contribution in [-0.2, 0) is 0 Å². The zero-order valence-corrected chi connectivity index (χ0v) is 7.56. The lowest BCUT2D eigenvalue weighted by molar-refractivity contribution is -0.112. The molecule has 76 valence electrons. The van der Waals surface area contributed by atoms with Crippen molar-refractivity contribution in [2.24, 2.45) is 0 Å². The van der Waals surface area contributed by atoms with Crippen LogP contribution in [0.4, 0.5) is 0 Å². The minimum atomic E-state index is -0.977. The molecule has 0 aromatic rings. The first-order valence-corrected chi connectivity index (χ1v) is 5.00. The molecule has 0 saturated carbocycles. The SMILES string of the molecule is OC1C2CCCCC(N2)C(O)C1O. The Morgan fingerprint density at radius 2 is 1.23 bits per heavy atom. The van der Waals surface area contributed by atoms with Crippen LogP contribution < -0.4 is 5.32 Å². The molecule has 13 heavy (non-hydrogen) atoms. The van der Waals surface area contributed by atoms with Gasteiger partial charge in [0, 0.05) is 12.1 Å². The van der Waals surface area contributed by atoms with Gasteiger partial charge in [-0.1, -0.05) is 12.8 Å². The van der Waals surface area contributed by atoms with E-state index in [0.29, 0.717) is 0 Å². The van der Waals surface area contributed by atoms with Gasteiger partial charge in [-0.3, -0.25) is 0 Å². The molecule has 2 bridgehead atoms. The van der Waals surface area contributed by atoms with Crippen molar-refractivity contribution in [3.8, 4) is 0 Å². The molecule has 0 aliphatic carbocycles. The first kappa shape index (κ1) is 9.40. The first-order valence-electron chi connectivity index (χ1n) is 5.00. The largest absolute Gasteiger partial charge is 0.389 e. The van der Waals surface area contributed by atoms with Crippen LogP contribution in [-0.4, -0.2) is 45.7 Å². The van der Waals surface area contributed by atoms with Gasteiger partial charge in [-0.25, -0.2) is 0 Å². The number of aliphatic hydroxyl groups is 3. The molecule has 4 atom stereocenters. The van der Waals surface area contributed by atoms with E-state index in [1.807, 2.05) is 0 Å². The number of hydrogen-bond donors (Lipinski definition) is 4. The van der Waals surface area contributed by atoms with Crippen LogP contribution in [0.5, 0.6) is 0 Å². The zero-order chi connectivity index (χ0) is 9.42. The number of aliphatic hydroxyl groups excluding tert-OH is 3. The third kappa shape index (κ3) is 1.59. The Hall–Kier alpha value is -0.160. The van der Waals surface area contributed by atoms with Crippen LogP contribution in [0.3, 0.4) is 0 Å². The molecule has 2 rings (SSSR count). The van der Waals surface area contributed by atoms with Gasteiger partial charge < -0.3 is 20.6 Å². The molecule has 2 saturated heterocycles. The van der Waals surface area contributed by atoms with Crippen molar-refractivity contribution in [2.75, 3.05) is 0 Å². The Labute approximate surface area is 77.6 Å². The fraction of sp³-hybridized carbons (Fsp3) is 1.00. The highest BCUT2D eigenvalue weighted by atomic mass is 16.4. The number of rotatable bonds is 0. The third-order valence-corrected chi connectivity index (χ3v) is 3.23. The van der Waals surface area contributed by atoms with Gasteiger partial charge in [0.25, 0.3) is 0 Å². The third-order valence-electron chi connectivity index (χ3n) is 3.23. The van der Waals surface area contributed by atoms with E-state index in [1.165, 1.54) is 0 Å². The molecule has 2 fully saturated rings. The van der Waals surface area contributed by atoms with Gasteiger partial charge in [0.15, 0.2) is 0 Å². The second-order valence-electron chi connectivity index (χ2n) is 4.14. The molecule has 0 radical (unpaired) electrons. The second kappa shape index (κ2) is 3.53. The van der Waals surface area contributed by atoms with Crippen LogP contribution in [0.25, 0.3) is 0 Å². The summed E-state index contributed by atoms with van der Waals surface area (Å²) in [5.41, 5.74) is 0. The van der Waals surface area contributed by atoms with Crippen LogP contribution in [0.1, 0.15) is 25.7 Å². The van der Waals surface area contributed by atoms with Crippen molar-refractivity contribution in [3.63, 3.8) is 0 Å². The summed E-state index contributed by atoms with van der Waals surface area (Å²) in [6.07, 6.45) is 1.29. The van der Waals surface area contributed by atoms with Crippen molar-refractivity contribution in [1.29, 1.82) is 0 Å². The maximum atomic E-state index is 9.61. The number of piperidine rings is 1. The lowest BCUT2D eigenvalue weighted by atomic mass is 9.89. The molecular weight excluding hydrogens is 170 g/mol. The molecule has 0 amide bonds. The molecule has 4 nitrogen and oxygen atoms in total. The summed E-state index contributed by atoms with van der Waals surface area (Å²) in [6.45, 7) is 0. The summed E-state index contributed by atoms with van der Waals surface area (Å²) >= 11 is 0.